The predicted octanol–water partition coefficient (Wildman–Crippen LogP) is 2.03. The van der Waals surface area contributed by atoms with Gasteiger partial charge in [-0.2, -0.15) is 5.26 Å². The smallest absolute Gasteiger partial charge is 0.304 e. The van der Waals surface area contributed by atoms with E-state index in [2.05, 4.69) is 10.2 Å². The van der Waals surface area contributed by atoms with Crippen LogP contribution in [0.25, 0.3) is 0 Å². The van der Waals surface area contributed by atoms with E-state index >= 15 is 0 Å². The minimum atomic E-state index is -0.915. The van der Waals surface area contributed by atoms with Crippen LogP contribution >= 0.6 is 0 Å². The summed E-state index contributed by atoms with van der Waals surface area (Å²) >= 11 is 0. The number of esters is 1. The Hall–Kier alpha value is -2.55. The summed E-state index contributed by atoms with van der Waals surface area (Å²) in [7, 11) is 0. The third-order valence-corrected chi connectivity index (χ3v) is 2.63. The Balaban J connectivity index is 2.58. The van der Waals surface area contributed by atoms with E-state index in [1.165, 1.54) is 6.92 Å². The SMILES string of the molecule is CC(=O)OC1N=NC(=O)c2c1ccc(C#N)c2C. The molecule has 0 radical (unpaired) electrons. The van der Waals surface area contributed by atoms with Gasteiger partial charge in [0.25, 0.3) is 5.91 Å². The van der Waals surface area contributed by atoms with Gasteiger partial charge >= 0.3 is 5.97 Å². The lowest BCUT2D eigenvalue weighted by Gasteiger charge is -2.19. The molecule has 0 fully saturated rings. The highest BCUT2D eigenvalue weighted by atomic mass is 16.6. The molecule has 0 N–H and O–H groups in total. The molecule has 0 bridgehead atoms. The maximum atomic E-state index is 11.7. The van der Waals surface area contributed by atoms with Crippen molar-refractivity contribution in [1.29, 1.82) is 5.26 Å². The number of amides is 1. The van der Waals surface area contributed by atoms with E-state index in [9.17, 15) is 9.59 Å². The number of hydrogen-bond acceptors (Lipinski definition) is 5. The molecular formula is C12H9N3O3. The van der Waals surface area contributed by atoms with Crippen LogP contribution in [0.15, 0.2) is 22.4 Å². The van der Waals surface area contributed by atoms with Crippen LogP contribution in [0.1, 0.15) is 40.2 Å². The first kappa shape index (κ1) is 11.9. The average molecular weight is 243 g/mol. The summed E-state index contributed by atoms with van der Waals surface area (Å²) in [6.07, 6.45) is -0.915. The molecule has 0 saturated carbocycles. The van der Waals surface area contributed by atoms with Gasteiger partial charge in [-0.3, -0.25) is 9.59 Å². The Morgan fingerprint density at radius 1 is 1.50 bits per heavy atom. The topological polar surface area (TPSA) is 91.9 Å². The number of carbonyl (C=O) groups is 2. The largest absolute Gasteiger partial charge is 0.434 e. The van der Waals surface area contributed by atoms with E-state index in [0.29, 0.717) is 16.7 Å². The number of carbonyl (C=O) groups excluding carboxylic acids is 2. The molecule has 1 aromatic rings. The van der Waals surface area contributed by atoms with E-state index in [4.69, 9.17) is 10.00 Å². The molecule has 1 amide bonds. The predicted molar refractivity (Wildman–Crippen MR) is 59.6 cm³/mol. The summed E-state index contributed by atoms with van der Waals surface area (Å²) < 4.78 is 4.96. The van der Waals surface area contributed by atoms with Crippen LogP contribution in [0, 0.1) is 18.3 Å². The molecule has 1 unspecified atom stereocenters. The molecule has 1 aliphatic heterocycles. The van der Waals surface area contributed by atoms with Gasteiger partial charge in [-0.15, -0.1) is 10.2 Å². The summed E-state index contributed by atoms with van der Waals surface area (Å²) in [6, 6.07) is 5.12. The quantitative estimate of drug-likeness (QED) is 0.705. The van der Waals surface area contributed by atoms with Gasteiger partial charge in [0.15, 0.2) is 0 Å². The number of nitriles is 1. The highest BCUT2D eigenvalue weighted by molar-refractivity contribution is 5.99. The molecule has 0 spiro atoms. The van der Waals surface area contributed by atoms with Crippen molar-refractivity contribution in [3.63, 3.8) is 0 Å². The highest BCUT2D eigenvalue weighted by Gasteiger charge is 2.28. The van der Waals surface area contributed by atoms with Crippen LogP contribution in [-0.2, 0) is 9.53 Å². The first-order valence-corrected chi connectivity index (χ1v) is 5.20. The number of azo groups is 1. The Morgan fingerprint density at radius 3 is 2.83 bits per heavy atom. The number of ether oxygens (including phenoxy) is 1. The van der Waals surface area contributed by atoms with Crippen molar-refractivity contribution in [1.82, 2.24) is 0 Å². The van der Waals surface area contributed by atoms with Crippen LogP contribution in [0.4, 0.5) is 0 Å². The van der Waals surface area contributed by atoms with Crippen molar-refractivity contribution in [2.45, 2.75) is 20.1 Å². The van der Waals surface area contributed by atoms with Gasteiger partial charge in [0, 0.05) is 12.5 Å². The second-order valence-electron chi connectivity index (χ2n) is 3.80. The van der Waals surface area contributed by atoms with Gasteiger partial charge in [0.1, 0.15) is 0 Å². The zero-order valence-corrected chi connectivity index (χ0v) is 9.80. The third kappa shape index (κ3) is 1.86. The standard InChI is InChI=1S/C12H9N3O3/c1-6-8(5-13)3-4-9-10(6)11(17)14-15-12(9)18-7(2)16/h3-4,12H,1-2H3. The number of rotatable bonds is 1. The van der Waals surface area contributed by atoms with E-state index in [0.717, 1.165) is 0 Å². The molecule has 1 aromatic carbocycles. The van der Waals surface area contributed by atoms with Crippen LogP contribution in [-0.4, -0.2) is 11.9 Å². The molecule has 1 aliphatic rings. The number of hydrogen-bond donors (Lipinski definition) is 0. The normalized spacial score (nSPS) is 16.9. The molecule has 0 aromatic heterocycles. The Kier molecular flexibility index (Phi) is 2.90. The van der Waals surface area contributed by atoms with Crippen molar-refractivity contribution in [2.24, 2.45) is 10.2 Å². The van der Waals surface area contributed by atoms with E-state index in [-0.39, 0.29) is 5.56 Å². The highest BCUT2D eigenvalue weighted by Crippen LogP contribution is 2.31. The van der Waals surface area contributed by atoms with Gasteiger partial charge in [0.05, 0.1) is 17.2 Å². The average Bonchev–Trinajstić information content (AvgIpc) is 2.32. The minimum absolute atomic E-state index is 0.287. The van der Waals surface area contributed by atoms with E-state index < -0.39 is 18.1 Å². The van der Waals surface area contributed by atoms with Crippen LogP contribution < -0.4 is 0 Å². The molecule has 18 heavy (non-hydrogen) atoms. The molecule has 2 rings (SSSR count). The molecule has 6 nitrogen and oxygen atoms in total. The second-order valence-corrected chi connectivity index (χ2v) is 3.80. The van der Waals surface area contributed by atoms with Crippen LogP contribution in [0.2, 0.25) is 0 Å². The third-order valence-electron chi connectivity index (χ3n) is 2.63. The van der Waals surface area contributed by atoms with Crippen LogP contribution in [0.5, 0.6) is 0 Å². The fraction of sp³-hybridized carbons (Fsp3) is 0.250. The molecule has 90 valence electrons. The zero-order chi connectivity index (χ0) is 13.3. The van der Waals surface area contributed by atoms with Crippen LogP contribution in [0.3, 0.4) is 0 Å². The monoisotopic (exact) mass is 243 g/mol. The fourth-order valence-corrected chi connectivity index (χ4v) is 1.80. The van der Waals surface area contributed by atoms with Gasteiger partial charge in [0.2, 0.25) is 6.23 Å². The lowest BCUT2D eigenvalue weighted by molar-refractivity contribution is -0.146. The molecule has 6 heteroatoms. The second kappa shape index (κ2) is 4.37. The first-order valence-electron chi connectivity index (χ1n) is 5.20. The lowest BCUT2D eigenvalue weighted by atomic mass is 9.95. The Bertz CT molecular complexity index is 614. The molecule has 1 heterocycles. The van der Waals surface area contributed by atoms with Gasteiger partial charge < -0.3 is 4.74 Å². The van der Waals surface area contributed by atoms with Crippen molar-refractivity contribution in [2.75, 3.05) is 0 Å². The Labute approximate surface area is 103 Å². The van der Waals surface area contributed by atoms with Gasteiger partial charge in [-0.05, 0) is 18.6 Å². The molecular weight excluding hydrogens is 234 g/mol. The van der Waals surface area contributed by atoms with Gasteiger partial charge in [-0.25, -0.2) is 0 Å². The maximum Gasteiger partial charge on any atom is 0.304 e. The number of nitrogens with zero attached hydrogens (tertiary/aromatic N) is 3. The summed E-state index contributed by atoms with van der Waals surface area (Å²) in [5, 5.41) is 16.0. The van der Waals surface area contributed by atoms with E-state index in [1.54, 1.807) is 19.1 Å². The number of benzene rings is 1. The Morgan fingerprint density at radius 2 is 2.22 bits per heavy atom. The summed E-state index contributed by atoms with van der Waals surface area (Å²) in [6.45, 7) is 2.91. The van der Waals surface area contributed by atoms with Crippen molar-refractivity contribution < 1.29 is 14.3 Å². The van der Waals surface area contributed by atoms with Crippen molar-refractivity contribution >= 4 is 11.9 Å². The summed E-state index contributed by atoms with van der Waals surface area (Å²) in [5.41, 5.74) is 1.66. The van der Waals surface area contributed by atoms with Crippen molar-refractivity contribution in [3.8, 4) is 6.07 Å². The first-order chi connectivity index (χ1) is 8.54. The minimum Gasteiger partial charge on any atom is -0.434 e. The summed E-state index contributed by atoms with van der Waals surface area (Å²) in [5.74, 6) is -1.04. The molecule has 0 saturated heterocycles. The van der Waals surface area contributed by atoms with Gasteiger partial charge in [-0.1, -0.05) is 6.07 Å². The molecule has 1 atom stereocenters. The van der Waals surface area contributed by atoms with E-state index in [1.807, 2.05) is 6.07 Å². The number of fused-ring (bicyclic) bond motifs is 1. The maximum absolute atomic E-state index is 11.7. The van der Waals surface area contributed by atoms with Crippen molar-refractivity contribution in [3.05, 3.63) is 34.4 Å². The molecule has 0 aliphatic carbocycles. The fourth-order valence-electron chi connectivity index (χ4n) is 1.80. The lowest BCUT2D eigenvalue weighted by Crippen LogP contribution is -2.16. The summed E-state index contributed by atoms with van der Waals surface area (Å²) in [4.78, 5) is 22.6. The zero-order valence-electron chi connectivity index (χ0n) is 9.80.